The molecule has 0 aliphatic rings. The fourth-order valence-electron chi connectivity index (χ4n) is 7.73. The van der Waals surface area contributed by atoms with Crippen LogP contribution in [-0.4, -0.2) is 0 Å². The molecule has 0 spiro atoms. The van der Waals surface area contributed by atoms with E-state index in [0.29, 0.717) is 0 Å². The molecule has 1 heteroatoms. The third-order valence-electron chi connectivity index (χ3n) is 10.2. The van der Waals surface area contributed by atoms with Gasteiger partial charge in [-0.3, -0.25) is 0 Å². The molecule has 0 unspecified atom stereocenters. The Kier molecular flexibility index (Phi) is 9.41. The predicted octanol–water partition coefficient (Wildman–Crippen LogP) is 15.1. The number of hydrogen-bond donors (Lipinski definition) is 0. The van der Waals surface area contributed by atoms with Crippen LogP contribution in [0.25, 0.3) is 67.4 Å². The highest BCUT2D eigenvalue weighted by Gasteiger charge is 2.25. The molecule has 0 N–H and O–H groups in total. The maximum absolute atomic E-state index is 2.40. The summed E-state index contributed by atoms with van der Waals surface area (Å²) in [4.78, 5) is 2.37. The first-order chi connectivity index (χ1) is 27.3. The third kappa shape index (κ3) is 6.88. The van der Waals surface area contributed by atoms with Crippen LogP contribution >= 0.6 is 0 Å². The van der Waals surface area contributed by atoms with E-state index in [1.54, 1.807) is 0 Å². The molecule has 9 aromatic rings. The van der Waals surface area contributed by atoms with Crippen molar-refractivity contribution in [3.05, 3.63) is 236 Å². The molecule has 260 valence electrons. The van der Waals surface area contributed by atoms with Gasteiger partial charge in [0.05, 0.1) is 0 Å². The van der Waals surface area contributed by atoms with E-state index in [9.17, 15) is 0 Å². The lowest BCUT2D eigenvalue weighted by atomic mass is 9.79. The summed E-state index contributed by atoms with van der Waals surface area (Å²) in [6.07, 6.45) is 4.34. The Labute approximate surface area is 323 Å². The Morgan fingerprint density at radius 2 is 0.600 bits per heavy atom. The van der Waals surface area contributed by atoms with Gasteiger partial charge in [0, 0.05) is 17.1 Å². The minimum absolute atomic E-state index is 1.09. The van der Waals surface area contributed by atoms with Gasteiger partial charge in [0.25, 0.3) is 0 Å². The summed E-state index contributed by atoms with van der Waals surface area (Å²) in [7, 11) is 0. The molecule has 0 amide bonds. The van der Waals surface area contributed by atoms with Crippen LogP contribution in [0.15, 0.2) is 224 Å². The van der Waals surface area contributed by atoms with Gasteiger partial charge in [0.15, 0.2) is 0 Å². The minimum Gasteiger partial charge on any atom is -0.310 e. The summed E-state index contributed by atoms with van der Waals surface area (Å²) < 4.78 is 0. The Morgan fingerprint density at radius 3 is 1.07 bits per heavy atom. The van der Waals surface area contributed by atoms with Crippen LogP contribution in [-0.2, 0) is 0 Å². The van der Waals surface area contributed by atoms with Crippen molar-refractivity contribution in [2.75, 3.05) is 4.90 Å². The first-order valence-corrected chi connectivity index (χ1v) is 18.9. The fourth-order valence-corrected chi connectivity index (χ4v) is 7.73. The van der Waals surface area contributed by atoms with Crippen molar-refractivity contribution in [2.45, 2.75) is 0 Å². The largest absolute Gasteiger partial charge is 0.310 e. The number of nitrogens with zero attached hydrogens (tertiary/aromatic N) is 1. The monoisotopic (exact) mass is 701 g/mol. The Hall–Kier alpha value is -7.22. The maximum Gasteiger partial charge on any atom is 0.0468 e. The lowest BCUT2D eigenvalue weighted by Gasteiger charge is -2.28. The number of para-hydroxylation sites is 1. The van der Waals surface area contributed by atoms with Gasteiger partial charge in [0.1, 0.15) is 0 Å². The molecule has 55 heavy (non-hydrogen) atoms. The Bertz CT molecular complexity index is 2690. The molecule has 0 aliphatic heterocycles. The van der Waals surface area contributed by atoms with Crippen LogP contribution in [0.1, 0.15) is 11.1 Å². The van der Waals surface area contributed by atoms with Crippen LogP contribution in [0.2, 0.25) is 0 Å². The normalized spacial score (nSPS) is 11.2. The van der Waals surface area contributed by atoms with E-state index >= 15 is 0 Å². The summed E-state index contributed by atoms with van der Waals surface area (Å²) in [6, 6.07) is 80.6. The van der Waals surface area contributed by atoms with Crippen LogP contribution in [0, 0.1) is 0 Å². The maximum atomic E-state index is 2.40. The van der Waals surface area contributed by atoms with E-state index < -0.39 is 0 Å². The molecule has 1 nitrogen and oxygen atoms in total. The van der Waals surface area contributed by atoms with Gasteiger partial charge in [-0.05, 0) is 103 Å². The fraction of sp³-hybridized carbons (Fsp3) is 0. The minimum atomic E-state index is 1.09. The van der Waals surface area contributed by atoms with Crippen LogP contribution in [0.5, 0.6) is 0 Å². The van der Waals surface area contributed by atoms with E-state index in [4.69, 9.17) is 0 Å². The van der Waals surface area contributed by atoms with E-state index in [-0.39, 0.29) is 0 Å². The number of benzene rings is 9. The van der Waals surface area contributed by atoms with Gasteiger partial charge < -0.3 is 4.90 Å². The van der Waals surface area contributed by atoms with Crippen LogP contribution in [0.3, 0.4) is 0 Å². The summed E-state index contributed by atoms with van der Waals surface area (Å²) in [5.41, 5.74) is 15.3. The van der Waals surface area contributed by atoms with Crippen molar-refractivity contribution in [1.29, 1.82) is 0 Å². The van der Waals surface area contributed by atoms with Crippen molar-refractivity contribution in [1.82, 2.24) is 0 Å². The standard InChI is InChI=1S/C54H39N/c1-7-19-40(20-8-1)31-32-41-33-35-47(36-34-41)55(46-29-17-6-18-30-46)48-37-38-49-50(39-48)52(43-23-11-3-12-24-43)54(45-27-15-5-16-28-45)53(44-25-13-4-14-26-44)51(49)42-21-9-2-10-22-42/h1-39H. The molecule has 0 aliphatic carbocycles. The number of fused-ring (bicyclic) bond motifs is 1. The van der Waals surface area contributed by atoms with Gasteiger partial charge in [-0.1, -0.05) is 200 Å². The van der Waals surface area contributed by atoms with Crippen LogP contribution in [0.4, 0.5) is 17.1 Å². The topological polar surface area (TPSA) is 3.24 Å². The molecule has 0 bridgehead atoms. The van der Waals surface area contributed by atoms with E-state index in [2.05, 4.69) is 235 Å². The average molecular weight is 702 g/mol. The highest BCUT2D eigenvalue weighted by atomic mass is 15.1. The molecule has 0 heterocycles. The van der Waals surface area contributed by atoms with Crippen molar-refractivity contribution >= 4 is 40.0 Å². The smallest absolute Gasteiger partial charge is 0.0468 e. The zero-order valence-corrected chi connectivity index (χ0v) is 30.5. The Balaban J connectivity index is 1.33. The van der Waals surface area contributed by atoms with Gasteiger partial charge >= 0.3 is 0 Å². The summed E-state index contributed by atoms with van der Waals surface area (Å²) in [5, 5.41) is 2.41. The molecule has 0 fully saturated rings. The molecular weight excluding hydrogens is 663 g/mol. The summed E-state index contributed by atoms with van der Waals surface area (Å²) in [6.45, 7) is 0. The van der Waals surface area contributed by atoms with E-state index in [1.807, 2.05) is 6.07 Å². The van der Waals surface area contributed by atoms with Gasteiger partial charge in [-0.2, -0.15) is 0 Å². The molecule has 9 aromatic carbocycles. The van der Waals surface area contributed by atoms with Gasteiger partial charge in [-0.25, -0.2) is 0 Å². The summed E-state index contributed by atoms with van der Waals surface area (Å²) >= 11 is 0. The molecular formula is C54H39N. The highest BCUT2D eigenvalue weighted by Crippen LogP contribution is 2.52. The molecule has 0 aromatic heterocycles. The van der Waals surface area contributed by atoms with Crippen molar-refractivity contribution in [3.63, 3.8) is 0 Å². The second-order valence-corrected chi connectivity index (χ2v) is 13.7. The lowest BCUT2D eigenvalue weighted by molar-refractivity contribution is 1.29. The second kappa shape index (κ2) is 15.4. The molecule has 0 atom stereocenters. The first kappa shape index (κ1) is 33.6. The quantitative estimate of drug-likeness (QED) is 0.135. The SMILES string of the molecule is C(=Cc1ccc(N(c2ccccc2)c2ccc3c(-c4ccccc4)c(-c4ccccc4)c(-c4ccccc4)c(-c4ccccc4)c3c2)cc1)c1ccccc1. The molecule has 0 saturated carbocycles. The third-order valence-corrected chi connectivity index (χ3v) is 10.2. The number of hydrogen-bond acceptors (Lipinski definition) is 1. The zero-order chi connectivity index (χ0) is 36.8. The molecule has 9 rings (SSSR count). The first-order valence-electron chi connectivity index (χ1n) is 18.9. The van der Waals surface area contributed by atoms with Crippen LogP contribution < -0.4 is 4.90 Å². The number of rotatable bonds is 9. The molecule has 0 saturated heterocycles. The highest BCUT2D eigenvalue weighted by molar-refractivity contribution is 6.19. The molecule has 0 radical (unpaired) electrons. The van der Waals surface area contributed by atoms with E-state index in [1.165, 1.54) is 60.8 Å². The van der Waals surface area contributed by atoms with Crippen molar-refractivity contribution in [3.8, 4) is 44.5 Å². The van der Waals surface area contributed by atoms with Gasteiger partial charge in [0.2, 0.25) is 0 Å². The van der Waals surface area contributed by atoms with Crippen molar-refractivity contribution < 1.29 is 0 Å². The zero-order valence-electron chi connectivity index (χ0n) is 30.5. The number of anilines is 3. The van der Waals surface area contributed by atoms with Gasteiger partial charge in [-0.15, -0.1) is 0 Å². The lowest BCUT2D eigenvalue weighted by Crippen LogP contribution is -2.10. The predicted molar refractivity (Wildman–Crippen MR) is 236 cm³/mol. The van der Waals surface area contributed by atoms with Crippen molar-refractivity contribution in [2.24, 2.45) is 0 Å². The van der Waals surface area contributed by atoms with E-state index in [0.717, 1.165) is 22.6 Å². The average Bonchev–Trinajstić information content (AvgIpc) is 3.27. The summed E-state index contributed by atoms with van der Waals surface area (Å²) in [5.74, 6) is 0. The second-order valence-electron chi connectivity index (χ2n) is 13.7. The Morgan fingerprint density at radius 1 is 0.255 bits per heavy atom.